The highest BCUT2D eigenvalue weighted by atomic mass is 32.2. The molecule has 0 fully saturated rings. The first kappa shape index (κ1) is 19.7. The number of carbonyl (C=O) groups excluding carboxylic acids is 1. The third kappa shape index (κ3) is 5.23. The molecule has 0 spiro atoms. The van der Waals surface area contributed by atoms with E-state index in [9.17, 15) is 9.18 Å². The molecule has 1 heterocycles. The summed E-state index contributed by atoms with van der Waals surface area (Å²) in [5, 5.41) is 0.482. The van der Waals surface area contributed by atoms with Crippen molar-refractivity contribution in [1.29, 1.82) is 0 Å². The molecular formula is C21H25FN2O2S. The monoisotopic (exact) mass is 388 g/mol. The van der Waals surface area contributed by atoms with Crippen LogP contribution in [0.3, 0.4) is 0 Å². The summed E-state index contributed by atoms with van der Waals surface area (Å²) in [6.45, 7) is 4.09. The highest BCUT2D eigenvalue weighted by Crippen LogP contribution is 2.37. The minimum atomic E-state index is -0.371. The van der Waals surface area contributed by atoms with Gasteiger partial charge in [0.15, 0.2) is 11.6 Å². The summed E-state index contributed by atoms with van der Waals surface area (Å²) in [5.74, 6) is -0.0563. The molecule has 0 radical (unpaired) electrons. The van der Waals surface area contributed by atoms with Crippen molar-refractivity contribution in [2.24, 2.45) is 0 Å². The Morgan fingerprint density at radius 1 is 1.26 bits per heavy atom. The van der Waals surface area contributed by atoms with Crippen LogP contribution in [0.15, 0.2) is 53.4 Å². The molecule has 0 N–H and O–H groups in total. The molecule has 6 heteroatoms. The first-order valence-corrected chi connectivity index (χ1v) is 10.0. The van der Waals surface area contributed by atoms with E-state index in [1.165, 1.54) is 6.07 Å². The molecule has 1 atom stereocenters. The van der Waals surface area contributed by atoms with Crippen LogP contribution in [0.1, 0.15) is 13.3 Å². The lowest BCUT2D eigenvalue weighted by Crippen LogP contribution is -2.41. The molecule has 1 unspecified atom stereocenters. The second kappa shape index (κ2) is 9.24. The maximum absolute atomic E-state index is 13.6. The first-order chi connectivity index (χ1) is 13.0. The largest absolute Gasteiger partial charge is 0.489 e. The van der Waals surface area contributed by atoms with Crippen molar-refractivity contribution >= 4 is 23.4 Å². The molecular weight excluding hydrogens is 363 g/mol. The van der Waals surface area contributed by atoms with Crippen LogP contribution >= 0.6 is 11.8 Å². The number of thioether (sulfide) groups is 1. The number of anilines is 1. The van der Waals surface area contributed by atoms with Crippen LogP contribution in [0.4, 0.5) is 10.1 Å². The average Bonchev–Trinajstić information content (AvgIpc) is 2.81. The average molecular weight is 389 g/mol. The number of carbonyl (C=O) groups is 1. The highest BCUT2D eigenvalue weighted by molar-refractivity contribution is 8.00. The Labute approximate surface area is 164 Å². The Bertz CT molecular complexity index is 786. The molecule has 0 saturated heterocycles. The Kier molecular flexibility index (Phi) is 6.74. The van der Waals surface area contributed by atoms with Gasteiger partial charge in [0.25, 0.3) is 0 Å². The first-order valence-electron chi connectivity index (χ1n) is 9.16. The number of benzene rings is 2. The van der Waals surface area contributed by atoms with E-state index < -0.39 is 0 Å². The molecule has 1 aliphatic rings. The van der Waals surface area contributed by atoms with Gasteiger partial charge in [0.05, 0.1) is 12.2 Å². The predicted octanol–water partition coefficient (Wildman–Crippen LogP) is 4.05. The Balaban J connectivity index is 1.56. The van der Waals surface area contributed by atoms with E-state index in [-0.39, 0.29) is 17.5 Å². The van der Waals surface area contributed by atoms with Gasteiger partial charge in [-0.05, 0) is 37.7 Å². The molecule has 0 bridgehead atoms. The predicted molar refractivity (Wildman–Crippen MR) is 108 cm³/mol. The van der Waals surface area contributed by atoms with Crippen LogP contribution in [0, 0.1) is 5.82 Å². The van der Waals surface area contributed by atoms with E-state index >= 15 is 0 Å². The maximum Gasteiger partial charge on any atom is 0.241 e. The van der Waals surface area contributed by atoms with Gasteiger partial charge in [-0.1, -0.05) is 31.2 Å². The molecule has 1 aliphatic heterocycles. The smallest absolute Gasteiger partial charge is 0.241 e. The van der Waals surface area contributed by atoms with Crippen molar-refractivity contribution < 1.29 is 13.9 Å². The summed E-state index contributed by atoms with van der Waals surface area (Å²) in [6.07, 6.45) is 0.963. The van der Waals surface area contributed by atoms with Crippen LogP contribution in [0.2, 0.25) is 0 Å². The van der Waals surface area contributed by atoms with Crippen molar-refractivity contribution in [3.63, 3.8) is 0 Å². The molecule has 0 aliphatic carbocycles. The number of rotatable bonds is 6. The fourth-order valence-corrected chi connectivity index (χ4v) is 4.13. The zero-order chi connectivity index (χ0) is 19.2. The zero-order valence-corrected chi connectivity index (χ0v) is 16.5. The third-order valence-corrected chi connectivity index (χ3v) is 5.75. The summed E-state index contributed by atoms with van der Waals surface area (Å²) in [7, 11) is 1.88. The molecule has 144 valence electrons. The summed E-state index contributed by atoms with van der Waals surface area (Å²) < 4.78 is 19.1. The highest BCUT2D eigenvalue weighted by Gasteiger charge is 2.24. The number of amides is 1. The van der Waals surface area contributed by atoms with E-state index in [0.717, 1.165) is 23.5 Å². The van der Waals surface area contributed by atoms with Gasteiger partial charge in [0, 0.05) is 23.2 Å². The number of likely N-dealkylation sites (N-methyl/N-ethyl adjacent to an activating group) is 1. The minimum Gasteiger partial charge on any atom is -0.489 e. The van der Waals surface area contributed by atoms with Crippen molar-refractivity contribution in [2.45, 2.75) is 23.5 Å². The number of para-hydroxylation sites is 2. The summed E-state index contributed by atoms with van der Waals surface area (Å²) in [5.41, 5.74) is 0.993. The van der Waals surface area contributed by atoms with Gasteiger partial charge < -0.3 is 9.64 Å². The molecule has 3 rings (SSSR count). The molecule has 27 heavy (non-hydrogen) atoms. The van der Waals surface area contributed by atoms with Gasteiger partial charge in [0.2, 0.25) is 5.91 Å². The van der Waals surface area contributed by atoms with E-state index in [1.807, 2.05) is 46.8 Å². The third-order valence-electron chi connectivity index (χ3n) is 4.52. The Hall–Kier alpha value is -2.05. The summed E-state index contributed by atoms with van der Waals surface area (Å²) >= 11 is 1.82. The van der Waals surface area contributed by atoms with Gasteiger partial charge in [-0.15, -0.1) is 11.8 Å². The van der Waals surface area contributed by atoms with E-state index in [0.29, 0.717) is 24.9 Å². The van der Waals surface area contributed by atoms with Crippen LogP contribution in [0.25, 0.3) is 0 Å². The van der Waals surface area contributed by atoms with Gasteiger partial charge >= 0.3 is 0 Å². The normalized spacial score (nSPS) is 16.7. The van der Waals surface area contributed by atoms with Gasteiger partial charge in [-0.25, -0.2) is 4.39 Å². The van der Waals surface area contributed by atoms with E-state index in [4.69, 9.17) is 4.74 Å². The lowest BCUT2D eigenvalue weighted by atomic mass is 10.2. The topological polar surface area (TPSA) is 32.8 Å². The maximum atomic E-state index is 13.6. The fraction of sp³-hybridized carbons (Fsp3) is 0.381. The number of halogens is 1. The number of nitrogens with zero attached hydrogens (tertiary/aromatic N) is 2. The molecule has 0 saturated carbocycles. The standard InChI is InChI=1S/C21H25FN2O2S/c1-16-11-12-24(18-8-4-6-10-20(18)27-16)21(25)15-23(2)13-14-26-19-9-5-3-7-17(19)22/h3-10,16H,11-15H2,1-2H3. The van der Waals surface area contributed by atoms with Crippen LogP contribution in [-0.2, 0) is 4.79 Å². The van der Waals surface area contributed by atoms with E-state index in [2.05, 4.69) is 13.0 Å². The summed E-state index contributed by atoms with van der Waals surface area (Å²) in [6, 6.07) is 14.4. The quantitative estimate of drug-likeness (QED) is 0.747. The number of ether oxygens (including phenoxy) is 1. The second-order valence-electron chi connectivity index (χ2n) is 6.75. The van der Waals surface area contributed by atoms with Crippen molar-refractivity contribution in [2.75, 3.05) is 38.2 Å². The molecule has 4 nitrogen and oxygen atoms in total. The summed E-state index contributed by atoms with van der Waals surface area (Å²) in [4.78, 5) is 17.8. The number of hydrogen-bond donors (Lipinski definition) is 0. The fourth-order valence-electron chi connectivity index (χ4n) is 3.01. The van der Waals surface area contributed by atoms with Crippen molar-refractivity contribution in [3.05, 3.63) is 54.3 Å². The molecule has 2 aromatic rings. The Morgan fingerprint density at radius 2 is 2.00 bits per heavy atom. The second-order valence-corrected chi connectivity index (χ2v) is 8.23. The van der Waals surface area contributed by atoms with Crippen molar-refractivity contribution in [1.82, 2.24) is 4.90 Å². The van der Waals surface area contributed by atoms with Gasteiger partial charge in [0.1, 0.15) is 6.61 Å². The van der Waals surface area contributed by atoms with Crippen LogP contribution in [-0.4, -0.2) is 49.3 Å². The molecule has 1 amide bonds. The lowest BCUT2D eigenvalue weighted by Gasteiger charge is -2.25. The number of fused-ring (bicyclic) bond motifs is 1. The Morgan fingerprint density at radius 3 is 2.81 bits per heavy atom. The molecule has 2 aromatic carbocycles. The van der Waals surface area contributed by atoms with Crippen LogP contribution < -0.4 is 9.64 Å². The van der Waals surface area contributed by atoms with E-state index in [1.54, 1.807) is 18.2 Å². The zero-order valence-electron chi connectivity index (χ0n) is 15.7. The molecule has 0 aromatic heterocycles. The number of hydrogen-bond acceptors (Lipinski definition) is 4. The van der Waals surface area contributed by atoms with Crippen LogP contribution in [0.5, 0.6) is 5.75 Å². The SMILES string of the molecule is CC1CCN(C(=O)CN(C)CCOc2ccccc2F)c2ccccc2S1. The van der Waals surface area contributed by atoms with Crippen molar-refractivity contribution in [3.8, 4) is 5.75 Å². The minimum absolute atomic E-state index is 0.0746. The van der Waals surface area contributed by atoms with Gasteiger partial charge in [-0.2, -0.15) is 0 Å². The van der Waals surface area contributed by atoms with Gasteiger partial charge in [-0.3, -0.25) is 9.69 Å². The lowest BCUT2D eigenvalue weighted by molar-refractivity contribution is -0.119.